The van der Waals surface area contributed by atoms with Crippen molar-refractivity contribution in [3.63, 3.8) is 0 Å². The van der Waals surface area contributed by atoms with Gasteiger partial charge in [0.05, 0.1) is 18.4 Å². The van der Waals surface area contributed by atoms with Crippen LogP contribution in [0.4, 0.5) is 0 Å². The molecule has 144 valence electrons. The van der Waals surface area contributed by atoms with Gasteiger partial charge in [0, 0.05) is 13.1 Å². The lowest BCUT2D eigenvalue weighted by molar-refractivity contribution is -0.139. The molecule has 1 aliphatic rings. The van der Waals surface area contributed by atoms with E-state index in [4.69, 9.17) is 4.74 Å². The minimum atomic E-state index is -3.46. The van der Waals surface area contributed by atoms with Crippen LogP contribution in [-0.2, 0) is 26.0 Å². The van der Waals surface area contributed by atoms with Crippen molar-refractivity contribution in [3.8, 4) is 0 Å². The van der Waals surface area contributed by atoms with E-state index in [1.807, 2.05) is 43.3 Å². The standard InChI is InChI=1S/C21H25NO4S/c1-16-7-9-19(10-8-16)27(24,25)22-13-11-17(12-14-22)20-6-4-3-5-18(20)15-21(23)26-2/h3-10,17H,11-15H2,1-2H3. The fraction of sp³-hybridized carbons (Fsp3) is 0.381. The van der Waals surface area contributed by atoms with Crippen LogP contribution >= 0.6 is 0 Å². The van der Waals surface area contributed by atoms with Crippen molar-refractivity contribution < 1.29 is 17.9 Å². The van der Waals surface area contributed by atoms with Gasteiger partial charge >= 0.3 is 5.97 Å². The van der Waals surface area contributed by atoms with E-state index in [1.54, 1.807) is 16.4 Å². The Kier molecular flexibility index (Phi) is 5.97. The highest BCUT2D eigenvalue weighted by molar-refractivity contribution is 7.89. The summed E-state index contributed by atoms with van der Waals surface area (Å²) in [6.45, 7) is 2.90. The molecule has 3 rings (SSSR count). The second-order valence-electron chi connectivity index (χ2n) is 6.94. The topological polar surface area (TPSA) is 63.7 Å². The minimum absolute atomic E-state index is 0.245. The lowest BCUT2D eigenvalue weighted by Gasteiger charge is -2.32. The van der Waals surface area contributed by atoms with Gasteiger partial charge in [-0.25, -0.2) is 8.42 Å². The zero-order valence-corrected chi connectivity index (χ0v) is 16.5. The maximum atomic E-state index is 12.9. The third kappa shape index (κ3) is 4.39. The lowest BCUT2D eigenvalue weighted by Crippen LogP contribution is -2.38. The molecule has 0 amide bonds. The first kappa shape index (κ1) is 19.6. The Morgan fingerprint density at radius 3 is 2.33 bits per heavy atom. The predicted molar refractivity (Wildman–Crippen MR) is 104 cm³/mol. The van der Waals surface area contributed by atoms with Crippen LogP contribution < -0.4 is 0 Å². The highest BCUT2D eigenvalue weighted by Crippen LogP contribution is 2.32. The Balaban J connectivity index is 1.72. The summed E-state index contributed by atoms with van der Waals surface area (Å²) in [6.07, 6.45) is 1.72. The minimum Gasteiger partial charge on any atom is -0.469 e. The lowest BCUT2D eigenvalue weighted by atomic mass is 9.86. The van der Waals surface area contributed by atoms with E-state index >= 15 is 0 Å². The number of sulfonamides is 1. The molecule has 0 atom stereocenters. The van der Waals surface area contributed by atoms with E-state index in [-0.39, 0.29) is 18.3 Å². The number of hydrogen-bond donors (Lipinski definition) is 0. The molecule has 0 bridgehead atoms. The van der Waals surface area contributed by atoms with Crippen molar-refractivity contribution >= 4 is 16.0 Å². The van der Waals surface area contributed by atoms with Crippen molar-refractivity contribution in [1.82, 2.24) is 4.31 Å². The summed E-state index contributed by atoms with van der Waals surface area (Å²) in [6, 6.07) is 14.8. The number of methoxy groups -OCH3 is 1. The summed E-state index contributed by atoms with van der Waals surface area (Å²) in [5, 5.41) is 0. The van der Waals surface area contributed by atoms with Crippen LogP contribution in [0.15, 0.2) is 53.4 Å². The first-order valence-electron chi connectivity index (χ1n) is 9.13. The average molecular weight is 388 g/mol. The number of piperidine rings is 1. The fourth-order valence-electron chi connectivity index (χ4n) is 3.59. The third-order valence-corrected chi connectivity index (χ3v) is 7.08. The van der Waals surface area contributed by atoms with Gasteiger partial charge in [-0.1, -0.05) is 42.0 Å². The second kappa shape index (κ2) is 8.23. The molecule has 0 aliphatic carbocycles. The molecule has 0 unspecified atom stereocenters. The molecular weight excluding hydrogens is 362 g/mol. The maximum absolute atomic E-state index is 12.9. The number of esters is 1. The van der Waals surface area contributed by atoms with Gasteiger partial charge in [0.2, 0.25) is 10.0 Å². The summed E-state index contributed by atoms with van der Waals surface area (Å²) < 4.78 is 32.1. The van der Waals surface area contributed by atoms with Crippen LogP contribution in [0, 0.1) is 6.92 Å². The largest absolute Gasteiger partial charge is 0.469 e. The Hall–Kier alpha value is -2.18. The van der Waals surface area contributed by atoms with Crippen LogP contribution in [0.2, 0.25) is 0 Å². The molecule has 0 spiro atoms. The number of hydrogen-bond acceptors (Lipinski definition) is 4. The SMILES string of the molecule is COC(=O)Cc1ccccc1C1CCN(S(=O)(=O)c2ccc(C)cc2)CC1. The first-order chi connectivity index (χ1) is 12.9. The first-order valence-corrected chi connectivity index (χ1v) is 10.6. The number of carbonyl (C=O) groups excluding carboxylic acids is 1. The summed E-state index contributed by atoms with van der Waals surface area (Å²) in [7, 11) is -2.07. The Bertz CT molecular complexity index is 898. The molecule has 1 fully saturated rings. The molecule has 0 aromatic heterocycles. The molecule has 2 aromatic rings. The molecule has 0 saturated carbocycles. The molecular formula is C21H25NO4S. The van der Waals surface area contributed by atoms with Crippen LogP contribution in [0.3, 0.4) is 0 Å². The van der Waals surface area contributed by atoms with Crippen molar-refractivity contribution in [2.75, 3.05) is 20.2 Å². The Morgan fingerprint density at radius 2 is 1.70 bits per heavy atom. The van der Waals surface area contributed by atoms with Crippen LogP contribution in [0.25, 0.3) is 0 Å². The van der Waals surface area contributed by atoms with Crippen LogP contribution in [0.1, 0.15) is 35.4 Å². The number of nitrogens with zero attached hydrogens (tertiary/aromatic N) is 1. The van der Waals surface area contributed by atoms with Gasteiger partial charge in [-0.2, -0.15) is 4.31 Å². The average Bonchev–Trinajstić information content (AvgIpc) is 2.69. The Labute approximate surface area is 161 Å². The molecule has 1 aliphatic heterocycles. The molecule has 2 aromatic carbocycles. The van der Waals surface area contributed by atoms with E-state index in [0.29, 0.717) is 18.0 Å². The van der Waals surface area contributed by atoms with Crippen molar-refractivity contribution in [2.45, 2.75) is 37.0 Å². The summed E-state index contributed by atoms with van der Waals surface area (Å²) in [4.78, 5) is 12.0. The van der Waals surface area contributed by atoms with E-state index < -0.39 is 10.0 Å². The van der Waals surface area contributed by atoms with Crippen molar-refractivity contribution in [3.05, 3.63) is 65.2 Å². The van der Waals surface area contributed by atoms with Gasteiger partial charge in [0.25, 0.3) is 0 Å². The molecule has 1 saturated heterocycles. The highest BCUT2D eigenvalue weighted by atomic mass is 32.2. The monoisotopic (exact) mass is 387 g/mol. The number of ether oxygens (including phenoxy) is 1. The van der Waals surface area contributed by atoms with Crippen molar-refractivity contribution in [1.29, 1.82) is 0 Å². The van der Waals surface area contributed by atoms with Gasteiger partial charge in [-0.05, 0) is 48.9 Å². The molecule has 0 N–H and O–H groups in total. The van der Waals surface area contributed by atoms with E-state index in [2.05, 4.69) is 0 Å². The zero-order valence-electron chi connectivity index (χ0n) is 15.7. The fourth-order valence-corrected chi connectivity index (χ4v) is 5.06. The molecule has 5 nitrogen and oxygen atoms in total. The summed E-state index contributed by atoms with van der Waals surface area (Å²) in [5.74, 6) is -0.0165. The molecule has 6 heteroatoms. The molecule has 1 heterocycles. The number of benzene rings is 2. The number of rotatable bonds is 5. The van der Waals surface area contributed by atoms with Gasteiger partial charge in [-0.15, -0.1) is 0 Å². The van der Waals surface area contributed by atoms with Crippen LogP contribution in [-0.4, -0.2) is 38.9 Å². The van der Waals surface area contributed by atoms with Gasteiger partial charge in [-0.3, -0.25) is 4.79 Å². The smallest absolute Gasteiger partial charge is 0.309 e. The summed E-state index contributed by atoms with van der Waals surface area (Å²) in [5.41, 5.74) is 3.12. The Morgan fingerprint density at radius 1 is 1.07 bits per heavy atom. The molecule has 0 radical (unpaired) electrons. The zero-order chi connectivity index (χ0) is 19.4. The normalized spacial score (nSPS) is 16.2. The summed E-state index contributed by atoms with van der Waals surface area (Å²) >= 11 is 0. The molecule has 27 heavy (non-hydrogen) atoms. The third-order valence-electron chi connectivity index (χ3n) is 5.17. The quantitative estimate of drug-likeness (QED) is 0.739. The van der Waals surface area contributed by atoms with Crippen molar-refractivity contribution in [2.24, 2.45) is 0 Å². The highest BCUT2D eigenvalue weighted by Gasteiger charge is 2.30. The van der Waals surface area contributed by atoms with Gasteiger partial charge in [0.15, 0.2) is 0 Å². The van der Waals surface area contributed by atoms with E-state index in [1.165, 1.54) is 7.11 Å². The second-order valence-corrected chi connectivity index (χ2v) is 8.88. The van der Waals surface area contributed by atoms with E-state index in [9.17, 15) is 13.2 Å². The predicted octanol–water partition coefficient (Wildman–Crippen LogP) is 3.28. The number of carbonyl (C=O) groups is 1. The maximum Gasteiger partial charge on any atom is 0.309 e. The van der Waals surface area contributed by atoms with Crippen LogP contribution in [0.5, 0.6) is 0 Å². The van der Waals surface area contributed by atoms with E-state index in [0.717, 1.165) is 29.5 Å². The van der Waals surface area contributed by atoms with Gasteiger partial charge < -0.3 is 4.74 Å². The number of aryl methyl sites for hydroxylation is 1. The van der Waals surface area contributed by atoms with Gasteiger partial charge in [0.1, 0.15) is 0 Å².